The Morgan fingerprint density at radius 2 is 1.50 bits per heavy atom. The third-order valence-corrected chi connectivity index (χ3v) is 5.82. The van der Waals surface area contributed by atoms with Crippen LogP contribution in [0.3, 0.4) is 0 Å². The number of rotatable bonds is 8. The predicted octanol–water partition coefficient (Wildman–Crippen LogP) is 5.02. The van der Waals surface area contributed by atoms with Gasteiger partial charge in [-0.05, 0) is 48.0 Å². The molecule has 0 saturated heterocycles. The van der Waals surface area contributed by atoms with Crippen molar-refractivity contribution < 1.29 is 9.59 Å². The summed E-state index contributed by atoms with van der Waals surface area (Å²) in [5.74, 6) is -0.798. The molecule has 3 aromatic carbocycles. The molecule has 2 N–H and O–H groups in total. The van der Waals surface area contributed by atoms with E-state index < -0.39 is 5.91 Å². The first-order chi connectivity index (χ1) is 18.7. The molecule has 7 heteroatoms. The van der Waals surface area contributed by atoms with Gasteiger partial charge < -0.3 is 10.6 Å². The van der Waals surface area contributed by atoms with Crippen LogP contribution in [0.4, 0.5) is 0 Å². The van der Waals surface area contributed by atoms with Crippen LogP contribution < -0.4 is 10.6 Å². The Hall–Kier alpha value is -5.30. The number of para-hydroxylation sites is 1. The highest BCUT2D eigenvalue weighted by Crippen LogP contribution is 2.25. The number of aromatic nitrogens is 3. The molecule has 2 amide bonds. The number of amides is 2. The van der Waals surface area contributed by atoms with Crippen LogP contribution in [0.15, 0.2) is 127 Å². The van der Waals surface area contributed by atoms with Gasteiger partial charge in [0.25, 0.3) is 11.8 Å². The second-order valence-electron chi connectivity index (χ2n) is 8.50. The second kappa shape index (κ2) is 11.6. The molecule has 0 spiro atoms. The van der Waals surface area contributed by atoms with Crippen molar-refractivity contribution in [3.05, 3.63) is 144 Å². The summed E-state index contributed by atoms with van der Waals surface area (Å²) in [7, 11) is 0. The van der Waals surface area contributed by atoms with E-state index in [-0.39, 0.29) is 11.6 Å². The lowest BCUT2D eigenvalue weighted by atomic mass is 10.1. The molecule has 5 aromatic rings. The van der Waals surface area contributed by atoms with Crippen molar-refractivity contribution in [1.82, 2.24) is 25.4 Å². The summed E-state index contributed by atoms with van der Waals surface area (Å²) in [6, 6.07) is 31.8. The van der Waals surface area contributed by atoms with Crippen molar-refractivity contribution in [1.29, 1.82) is 0 Å². The van der Waals surface area contributed by atoms with Gasteiger partial charge in [0, 0.05) is 41.8 Å². The molecule has 0 bridgehead atoms. The minimum atomic E-state index is -0.414. The molecule has 0 radical (unpaired) electrons. The van der Waals surface area contributed by atoms with Gasteiger partial charge in [-0.15, -0.1) is 0 Å². The third kappa shape index (κ3) is 5.91. The van der Waals surface area contributed by atoms with Crippen molar-refractivity contribution in [2.45, 2.75) is 6.54 Å². The zero-order valence-electron chi connectivity index (χ0n) is 20.5. The van der Waals surface area contributed by atoms with E-state index in [1.807, 2.05) is 85.1 Å². The summed E-state index contributed by atoms with van der Waals surface area (Å²) in [5.41, 5.74) is 4.42. The van der Waals surface area contributed by atoms with E-state index in [9.17, 15) is 9.59 Å². The number of hydrogen-bond acceptors (Lipinski definition) is 4. The number of nitrogens with one attached hydrogen (secondary N) is 2. The quantitative estimate of drug-likeness (QED) is 0.294. The van der Waals surface area contributed by atoms with Gasteiger partial charge in [-0.3, -0.25) is 14.6 Å². The molecule has 5 rings (SSSR count). The first-order valence-corrected chi connectivity index (χ1v) is 12.1. The maximum atomic E-state index is 13.4. The highest BCUT2D eigenvalue weighted by Gasteiger charge is 2.18. The fourth-order valence-corrected chi connectivity index (χ4v) is 3.90. The van der Waals surface area contributed by atoms with E-state index in [1.165, 1.54) is 0 Å². The second-order valence-corrected chi connectivity index (χ2v) is 8.50. The Kier molecular flexibility index (Phi) is 7.46. The van der Waals surface area contributed by atoms with E-state index >= 15 is 0 Å². The van der Waals surface area contributed by atoms with Crippen molar-refractivity contribution in [3.8, 4) is 16.9 Å². The standard InChI is InChI=1S/C31H25N5O2/c37-30(24-13-6-2-7-14-24)34-28(31(38)33-20-23-11-4-1-5-12-23)19-26-22-36(27-16-8-3-9-17-27)35-29(26)25-15-10-18-32-21-25/h1-19,21-22H,20H2,(H,33,38)(H,34,37)/b28-19+. The van der Waals surface area contributed by atoms with Crippen LogP contribution in [0.2, 0.25) is 0 Å². The monoisotopic (exact) mass is 499 g/mol. The Balaban J connectivity index is 1.54. The predicted molar refractivity (Wildman–Crippen MR) is 147 cm³/mol. The molecule has 0 fully saturated rings. The molecule has 0 aliphatic rings. The zero-order chi connectivity index (χ0) is 26.2. The maximum absolute atomic E-state index is 13.4. The van der Waals surface area contributed by atoms with Crippen LogP contribution in [0.25, 0.3) is 23.0 Å². The van der Waals surface area contributed by atoms with Crippen molar-refractivity contribution in [3.63, 3.8) is 0 Å². The summed E-state index contributed by atoms with van der Waals surface area (Å²) in [6.07, 6.45) is 6.88. The zero-order valence-corrected chi connectivity index (χ0v) is 20.5. The number of benzene rings is 3. The summed E-state index contributed by atoms with van der Waals surface area (Å²) < 4.78 is 1.74. The Bertz CT molecular complexity index is 1550. The van der Waals surface area contributed by atoms with Gasteiger partial charge in [0.1, 0.15) is 11.4 Å². The Labute approximate surface area is 220 Å². The molecular formula is C31H25N5O2. The molecule has 0 atom stereocenters. The van der Waals surface area contributed by atoms with Crippen LogP contribution >= 0.6 is 0 Å². The summed E-state index contributed by atoms with van der Waals surface area (Å²) in [4.78, 5) is 30.7. The first kappa shape index (κ1) is 24.4. The first-order valence-electron chi connectivity index (χ1n) is 12.1. The van der Waals surface area contributed by atoms with Gasteiger partial charge in [0.15, 0.2) is 0 Å². The van der Waals surface area contributed by atoms with Gasteiger partial charge >= 0.3 is 0 Å². The molecule has 0 unspecified atom stereocenters. The molecule has 7 nitrogen and oxygen atoms in total. The topological polar surface area (TPSA) is 88.9 Å². The number of pyridine rings is 1. The number of carbonyl (C=O) groups is 2. The maximum Gasteiger partial charge on any atom is 0.268 e. The SMILES string of the molecule is O=C(NCc1ccccc1)/C(=C\c1cn(-c2ccccc2)nc1-c1cccnc1)NC(=O)c1ccccc1. The fourth-order valence-electron chi connectivity index (χ4n) is 3.90. The molecule has 0 aliphatic heterocycles. The van der Waals surface area contributed by atoms with Gasteiger partial charge in [0.2, 0.25) is 0 Å². The smallest absolute Gasteiger partial charge is 0.268 e. The van der Waals surface area contributed by atoms with Gasteiger partial charge in [-0.25, -0.2) is 4.68 Å². The van der Waals surface area contributed by atoms with Gasteiger partial charge in [-0.1, -0.05) is 66.7 Å². The summed E-state index contributed by atoms with van der Waals surface area (Å²) in [6.45, 7) is 0.316. The van der Waals surface area contributed by atoms with E-state index in [0.29, 0.717) is 23.4 Å². The fraction of sp³-hybridized carbons (Fsp3) is 0.0323. The molecule has 0 saturated carbocycles. The summed E-state index contributed by atoms with van der Waals surface area (Å²) in [5, 5.41) is 10.5. The largest absolute Gasteiger partial charge is 0.347 e. The van der Waals surface area contributed by atoms with Crippen LogP contribution in [-0.2, 0) is 11.3 Å². The number of hydrogen-bond donors (Lipinski definition) is 2. The third-order valence-electron chi connectivity index (χ3n) is 5.82. The molecule has 2 aromatic heterocycles. The molecule has 38 heavy (non-hydrogen) atoms. The lowest BCUT2D eigenvalue weighted by Gasteiger charge is -2.11. The highest BCUT2D eigenvalue weighted by atomic mass is 16.2. The Morgan fingerprint density at radius 3 is 2.18 bits per heavy atom. The number of carbonyl (C=O) groups excluding carboxylic acids is 2. The normalized spacial score (nSPS) is 11.1. The van der Waals surface area contributed by atoms with E-state index in [4.69, 9.17) is 5.10 Å². The average Bonchev–Trinajstić information content (AvgIpc) is 3.41. The van der Waals surface area contributed by atoms with Gasteiger partial charge in [-0.2, -0.15) is 5.10 Å². The van der Waals surface area contributed by atoms with Crippen LogP contribution in [-0.4, -0.2) is 26.6 Å². The molecular weight excluding hydrogens is 474 g/mol. The van der Waals surface area contributed by atoms with Gasteiger partial charge in [0.05, 0.1) is 5.69 Å². The average molecular weight is 500 g/mol. The summed E-state index contributed by atoms with van der Waals surface area (Å²) >= 11 is 0. The molecule has 186 valence electrons. The molecule has 0 aliphatic carbocycles. The van der Waals surface area contributed by atoms with E-state index in [2.05, 4.69) is 15.6 Å². The number of nitrogens with zero attached hydrogens (tertiary/aromatic N) is 3. The van der Waals surface area contributed by atoms with Crippen molar-refractivity contribution in [2.24, 2.45) is 0 Å². The van der Waals surface area contributed by atoms with E-state index in [1.54, 1.807) is 47.4 Å². The van der Waals surface area contributed by atoms with Crippen LogP contribution in [0, 0.1) is 0 Å². The van der Waals surface area contributed by atoms with Crippen molar-refractivity contribution in [2.75, 3.05) is 0 Å². The Morgan fingerprint density at radius 1 is 0.816 bits per heavy atom. The minimum Gasteiger partial charge on any atom is -0.347 e. The lowest BCUT2D eigenvalue weighted by molar-refractivity contribution is -0.117. The minimum absolute atomic E-state index is 0.104. The van der Waals surface area contributed by atoms with Crippen LogP contribution in [0.5, 0.6) is 0 Å². The van der Waals surface area contributed by atoms with Crippen molar-refractivity contribution >= 4 is 17.9 Å². The molecule has 2 heterocycles. The van der Waals surface area contributed by atoms with E-state index in [0.717, 1.165) is 16.8 Å². The van der Waals surface area contributed by atoms with Crippen LogP contribution in [0.1, 0.15) is 21.5 Å². The highest BCUT2D eigenvalue weighted by molar-refractivity contribution is 6.05. The lowest BCUT2D eigenvalue weighted by Crippen LogP contribution is -2.34.